The Labute approximate surface area is 107 Å². The van der Waals surface area contributed by atoms with Crippen LogP contribution in [0.2, 0.25) is 0 Å². The van der Waals surface area contributed by atoms with E-state index >= 15 is 0 Å². The Morgan fingerprint density at radius 3 is 2.29 bits per heavy atom. The molecular formula is C16H30O. The third-order valence-electron chi connectivity index (χ3n) is 6.05. The Morgan fingerprint density at radius 2 is 1.82 bits per heavy atom. The van der Waals surface area contributed by atoms with Gasteiger partial charge in [-0.2, -0.15) is 0 Å². The Hall–Kier alpha value is -0.0400. The highest BCUT2D eigenvalue weighted by atomic mass is 16.3. The molecule has 2 rings (SSSR count). The highest BCUT2D eigenvalue weighted by molar-refractivity contribution is 5.06. The molecule has 17 heavy (non-hydrogen) atoms. The second-order valence-electron chi connectivity index (χ2n) is 7.22. The number of aliphatic hydroxyl groups is 1. The van der Waals surface area contributed by atoms with Crippen LogP contribution in [0.15, 0.2) is 0 Å². The van der Waals surface area contributed by atoms with Crippen LogP contribution in [0, 0.1) is 22.7 Å². The average molecular weight is 238 g/mol. The first-order chi connectivity index (χ1) is 7.97. The molecule has 2 aliphatic carbocycles. The number of aliphatic hydroxyl groups excluding tert-OH is 1. The first-order valence-corrected chi connectivity index (χ1v) is 7.65. The fourth-order valence-electron chi connectivity index (χ4n) is 4.12. The van der Waals surface area contributed by atoms with E-state index in [-0.39, 0.29) is 11.5 Å². The van der Waals surface area contributed by atoms with Gasteiger partial charge in [0.15, 0.2) is 0 Å². The quantitative estimate of drug-likeness (QED) is 0.753. The smallest absolute Gasteiger partial charge is 0.0622 e. The first-order valence-electron chi connectivity index (χ1n) is 7.65. The van der Waals surface area contributed by atoms with Crippen molar-refractivity contribution in [2.75, 3.05) is 0 Å². The van der Waals surface area contributed by atoms with E-state index in [0.717, 1.165) is 12.3 Å². The molecule has 2 fully saturated rings. The maximum absolute atomic E-state index is 10.6. The maximum Gasteiger partial charge on any atom is 0.0622 e. The molecule has 3 unspecified atom stereocenters. The molecule has 2 saturated carbocycles. The Balaban J connectivity index is 2.00. The fraction of sp³-hybridized carbons (Fsp3) is 1.00. The molecule has 0 aromatic rings. The Bertz CT molecular complexity index is 263. The summed E-state index contributed by atoms with van der Waals surface area (Å²) in [6.07, 6.45) is 9.30. The summed E-state index contributed by atoms with van der Waals surface area (Å²) in [6.45, 7) is 9.00. The first kappa shape index (κ1) is 13.4. The maximum atomic E-state index is 10.6. The SMILES string of the molecule is CCC(C)(C)C(O)C1CC1C1(CC)CCCC1. The van der Waals surface area contributed by atoms with Gasteiger partial charge < -0.3 is 5.11 Å². The monoisotopic (exact) mass is 238 g/mol. The molecule has 1 N–H and O–H groups in total. The van der Waals surface area contributed by atoms with E-state index in [1.165, 1.54) is 38.5 Å². The van der Waals surface area contributed by atoms with Gasteiger partial charge in [-0.05, 0) is 48.3 Å². The van der Waals surface area contributed by atoms with Crippen molar-refractivity contribution in [3.05, 3.63) is 0 Å². The minimum atomic E-state index is -0.0819. The topological polar surface area (TPSA) is 20.2 Å². The molecule has 0 spiro atoms. The van der Waals surface area contributed by atoms with E-state index in [9.17, 15) is 5.11 Å². The fourth-order valence-corrected chi connectivity index (χ4v) is 4.12. The highest BCUT2D eigenvalue weighted by Crippen LogP contribution is 2.62. The van der Waals surface area contributed by atoms with Crippen LogP contribution in [0.5, 0.6) is 0 Å². The summed E-state index contributed by atoms with van der Waals surface area (Å²) < 4.78 is 0. The van der Waals surface area contributed by atoms with Crippen molar-refractivity contribution in [3.63, 3.8) is 0 Å². The van der Waals surface area contributed by atoms with E-state index < -0.39 is 0 Å². The summed E-state index contributed by atoms with van der Waals surface area (Å²) in [6, 6.07) is 0. The molecule has 0 amide bonds. The third kappa shape index (κ3) is 2.28. The third-order valence-corrected chi connectivity index (χ3v) is 6.05. The summed E-state index contributed by atoms with van der Waals surface area (Å²) in [5.41, 5.74) is 0.711. The number of hydrogen-bond acceptors (Lipinski definition) is 1. The molecule has 1 nitrogen and oxygen atoms in total. The molecule has 0 bridgehead atoms. The van der Waals surface area contributed by atoms with Crippen molar-refractivity contribution >= 4 is 0 Å². The van der Waals surface area contributed by atoms with Gasteiger partial charge >= 0.3 is 0 Å². The molecule has 0 aliphatic heterocycles. The van der Waals surface area contributed by atoms with E-state index in [2.05, 4.69) is 27.7 Å². The van der Waals surface area contributed by atoms with Crippen LogP contribution in [-0.4, -0.2) is 11.2 Å². The van der Waals surface area contributed by atoms with Crippen LogP contribution >= 0.6 is 0 Å². The lowest BCUT2D eigenvalue weighted by atomic mass is 9.74. The van der Waals surface area contributed by atoms with Crippen molar-refractivity contribution in [2.45, 2.75) is 78.7 Å². The number of rotatable bonds is 5. The zero-order chi connectivity index (χ0) is 12.7. The molecule has 2 aliphatic rings. The second-order valence-corrected chi connectivity index (χ2v) is 7.22. The molecule has 100 valence electrons. The second kappa shape index (κ2) is 4.57. The molecule has 0 saturated heterocycles. The molecular weight excluding hydrogens is 208 g/mol. The zero-order valence-corrected chi connectivity index (χ0v) is 12.1. The van der Waals surface area contributed by atoms with Gasteiger partial charge in [0, 0.05) is 0 Å². The highest BCUT2D eigenvalue weighted by Gasteiger charge is 2.56. The van der Waals surface area contributed by atoms with E-state index in [4.69, 9.17) is 0 Å². The van der Waals surface area contributed by atoms with Gasteiger partial charge in [0.1, 0.15) is 0 Å². The molecule has 3 atom stereocenters. The summed E-state index contributed by atoms with van der Waals surface area (Å²) >= 11 is 0. The standard InChI is InChI=1S/C16H30O/c1-5-15(3,4)14(17)12-11-13(12)16(6-2)9-7-8-10-16/h12-14,17H,5-11H2,1-4H3. The van der Waals surface area contributed by atoms with Gasteiger partial charge in [0.05, 0.1) is 6.10 Å². The van der Waals surface area contributed by atoms with Gasteiger partial charge in [-0.25, -0.2) is 0 Å². The van der Waals surface area contributed by atoms with Crippen LogP contribution < -0.4 is 0 Å². The van der Waals surface area contributed by atoms with E-state index in [0.29, 0.717) is 11.3 Å². The average Bonchev–Trinajstić information content (AvgIpc) is 2.99. The lowest BCUT2D eigenvalue weighted by molar-refractivity contribution is 0.0162. The van der Waals surface area contributed by atoms with Crippen molar-refractivity contribution in [3.8, 4) is 0 Å². The number of hydrogen-bond donors (Lipinski definition) is 1. The van der Waals surface area contributed by atoms with E-state index in [1.54, 1.807) is 0 Å². The van der Waals surface area contributed by atoms with Crippen LogP contribution in [0.1, 0.15) is 72.6 Å². The van der Waals surface area contributed by atoms with Crippen LogP contribution in [-0.2, 0) is 0 Å². The largest absolute Gasteiger partial charge is 0.392 e. The predicted molar refractivity (Wildman–Crippen MR) is 72.9 cm³/mol. The summed E-state index contributed by atoms with van der Waals surface area (Å²) in [7, 11) is 0. The minimum absolute atomic E-state index is 0.0819. The van der Waals surface area contributed by atoms with Gasteiger partial charge in [-0.15, -0.1) is 0 Å². The minimum Gasteiger partial charge on any atom is -0.392 e. The lowest BCUT2D eigenvalue weighted by Gasteiger charge is -2.33. The predicted octanol–water partition coefficient (Wildman–Crippen LogP) is 4.39. The summed E-state index contributed by atoms with van der Waals surface area (Å²) in [4.78, 5) is 0. The van der Waals surface area contributed by atoms with Crippen molar-refractivity contribution in [1.82, 2.24) is 0 Å². The summed E-state index contributed by atoms with van der Waals surface area (Å²) in [5, 5.41) is 10.6. The van der Waals surface area contributed by atoms with Crippen molar-refractivity contribution < 1.29 is 5.11 Å². The van der Waals surface area contributed by atoms with Crippen LogP contribution in [0.3, 0.4) is 0 Å². The molecule has 1 heteroatoms. The van der Waals surface area contributed by atoms with Gasteiger partial charge in [0.25, 0.3) is 0 Å². The molecule has 0 aromatic heterocycles. The molecule has 0 aromatic carbocycles. The molecule has 0 heterocycles. The van der Waals surface area contributed by atoms with E-state index in [1.807, 2.05) is 0 Å². The van der Waals surface area contributed by atoms with Gasteiger partial charge in [-0.3, -0.25) is 0 Å². The Morgan fingerprint density at radius 1 is 1.24 bits per heavy atom. The zero-order valence-electron chi connectivity index (χ0n) is 12.1. The normalized spacial score (nSPS) is 33.7. The van der Waals surface area contributed by atoms with Gasteiger partial charge in [-0.1, -0.05) is 47.0 Å². The van der Waals surface area contributed by atoms with Crippen molar-refractivity contribution in [2.24, 2.45) is 22.7 Å². The lowest BCUT2D eigenvalue weighted by Crippen LogP contribution is -2.33. The van der Waals surface area contributed by atoms with Crippen LogP contribution in [0.25, 0.3) is 0 Å². The van der Waals surface area contributed by atoms with Crippen molar-refractivity contribution in [1.29, 1.82) is 0 Å². The van der Waals surface area contributed by atoms with Gasteiger partial charge in [0.2, 0.25) is 0 Å². The molecule has 0 radical (unpaired) electrons. The Kier molecular flexibility index (Phi) is 3.60. The summed E-state index contributed by atoms with van der Waals surface area (Å²) in [5.74, 6) is 1.43. The van der Waals surface area contributed by atoms with Crippen LogP contribution in [0.4, 0.5) is 0 Å².